The fourth-order valence-corrected chi connectivity index (χ4v) is 5.52. The van der Waals surface area contributed by atoms with Crippen LogP contribution < -0.4 is 0 Å². The van der Waals surface area contributed by atoms with Gasteiger partial charge in [-0.2, -0.15) is 0 Å². The lowest BCUT2D eigenvalue weighted by Gasteiger charge is -2.23. The van der Waals surface area contributed by atoms with Gasteiger partial charge in [0, 0.05) is 13.3 Å². The first-order chi connectivity index (χ1) is 18.3. The van der Waals surface area contributed by atoms with Gasteiger partial charge >= 0.3 is 0 Å². The Kier molecular flexibility index (Phi) is 20.8. The highest BCUT2D eigenvalue weighted by Crippen LogP contribution is 2.38. The summed E-state index contributed by atoms with van der Waals surface area (Å²) in [4.78, 5) is 4.11. The Balaban J connectivity index is 0. The summed E-state index contributed by atoms with van der Waals surface area (Å²) in [6, 6.07) is 9.01. The van der Waals surface area contributed by atoms with E-state index in [1.54, 1.807) is 27.8 Å². The summed E-state index contributed by atoms with van der Waals surface area (Å²) >= 11 is 0. The van der Waals surface area contributed by atoms with Crippen molar-refractivity contribution in [2.75, 3.05) is 7.05 Å². The van der Waals surface area contributed by atoms with E-state index < -0.39 is 0 Å². The van der Waals surface area contributed by atoms with Crippen molar-refractivity contribution >= 4 is 6.21 Å². The minimum atomic E-state index is 0.211. The lowest BCUT2D eigenvalue weighted by Crippen LogP contribution is -2.15. The molecule has 4 rings (SSSR count). The number of nitrogens with zero attached hydrogens (tertiary/aromatic N) is 1. The zero-order valence-corrected chi connectivity index (χ0v) is 27.8. The van der Waals surface area contributed by atoms with E-state index in [2.05, 4.69) is 84.0 Å². The number of aliphatic imine (C=N–C) groups is 1. The van der Waals surface area contributed by atoms with Gasteiger partial charge in [-0.15, -0.1) is 13.2 Å². The molecule has 0 radical (unpaired) electrons. The van der Waals surface area contributed by atoms with Crippen molar-refractivity contribution < 1.29 is 0 Å². The molecule has 0 aromatic heterocycles. The maximum atomic E-state index is 4.11. The molecule has 0 atom stereocenters. The zero-order valence-electron chi connectivity index (χ0n) is 27.8. The van der Waals surface area contributed by atoms with Crippen LogP contribution in [0.1, 0.15) is 146 Å². The van der Waals surface area contributed by atoms with Crippen molar-refractivity contribution in [1.82, 2.24) is 0 Å². The van der Waals surface area contributed by atoms with E-state index in [-0.39, 0.29) is 5.41 Å². The molecule has 1 nitrogen and oxygen atoms in total. The van der Waals surface area contributed by atoms with Gasteiger partial charge in [-0.05, 0) is 101 Å². The first kappa shape index (κ1) is 38.0. The SMILES string of the molecule is C=C.CC.CC.CC.CC(C)c1c2c(cc3c1CCC3)CCC2.CCc1c(C=NC)cccc1C(C)(C)C. The fraction of sp³-hybridized carbons (Fsp3) is 0.595. The van der Waals surface area contributed by atoms with E-state index in [0.717, 1.165) is 12.3 Å². The molecular weight excluding hydrogens is 458 g/mol. The Labute approximate surface area is 239 Å². The van der Waals surface area contributed by atoms with Crippen LogP contribution in [0.5, 0.6) is 0 Å². The summed E-state index contributed by atoms with van der Waals surface area (Å²) in [6.07, 6.45) is 11.1. The maximum Gasteiger partial charge on any atom is 0.0284 e. The van der Waals surface area contributed by atoms with Gasteiger partial charge in [0.2, 0.25) is 0 Å². The van der Waals surface area contributed by atoms with Gasteiger partial charge in [0.15, 0.2) is 0 Å². The van der Waals surface area contributed by atoms with E-state index in [4.69, 9.17) is 0 Å². The fourth-order valence-electron chi connectivity index (χ4n) is 5.52. The molecule has 38 heavy (non-hydrogen) atoms. The van der Waals surface area contributed by atoms with Crippen molar-refractivity contribution in [3.05, 3.63) is 81.9 Å². The van der Waals surface area contributed by atoms with Crippen LogP contribution in [0.25, 0.3) is 0 Å². The average molecular weight is 522 g/mol. The van der Waals surface area contributed by atoms with Gasteiger partial charge in [0.05, 0.1) is 0 Å². The average Bonchev–Trinajstić information content (AvgIpc) is 3.61. The maximum absolute atomic E-state index is 4.11. The van der Waals surface area contributed by atoms with Crippen LogP contribution in [0.15, 0.2) is 42.4 Å². The van der Waals surface area contributed by atoms with Crippen LogP contribution in [-0.4, -0.2) is 13.3 Å². The van der Waals surface area contributed by atoms with Gasteiger partial charge in [-0.3, -0.25) is 4.99 Å². The Morgan fingerprint density at radius 2 is 1.32 bits per heavy atom. The summed E-state index contributed by atoms with van der Waals surface area (Å²) in [7, 11) is 1.82. The topological polar surface area (TPSA) is 12.4 Å². The Morgan fingerprint density at radius 1 is 0.842 bits per heavy atom. The van der Waals surface area contributed by atoms with Crippen molar-refractivity contribution in [1.29, 1.82) is 0 Å². The molecule has 0 amide bonds. The van der Waals surface area contributed by atoms with Crippen LogP contribution >= 0.6 is 0 Å². The van der Waals surface area contributed by atoms with E-state index in [1.807, 2.05) is 54.8 Å². The van der Waals surface area contributed by atoms with Gasteiger partial charge in [0.25, 0.3) is 0 Å². The zero-order chi connectivity index (χ0) is 29.9. The lowest BCUT2D eigenvalue weighted by molar-refractivity contribution is 0.583. The standard InChI is InChI=1S/C15H20.C14H21N.3C2H6.C2H4/c1-10(2)15-13-7-3-5-11(13)9-12-6-4-8-14(12)15;1-6-12-11(10-15-5)8-7-9-13(12)14(2,3)4;4*1-2/h9-10H,3-8H2,1-2H3;7-10H,6H2,1-5H3;3*1-2H3;1-2H2. The first-order valence-corrected chi connectivity index (χ1v) is 15.5. The Bertz CT molecular complexity index is 892. The predicted octanol–water partition coefficient (Wildman–Crippen LogP) is 11.3. The molecule has 216 valence electrons. The van der Waals surface area contributed by atoms with E-state index in [9.17, 15) is 0 Å². The minimum absolute atomic E-state index is 0.211. The number of hydrogen-bond donors (Lipinski definition) is 0. The molecule has 0 saturated carbocycles. The lowest BCUT2D eigenvalue weighted by atomic mass is 9.81. The second-order valence-corrected chi connectivity index (χ2v) is 10.3. The number of fused-ring (bicyclic) bond motifs is 2. The molecule has 0 bridgehead atoms. The predicted molar refractivity (Wildman–Crippen MR) is 178 cm³/mol. The molecule has 0 aliphatic heterocycles. The highest BCUT2D eigenvalue weighted by molar-refractivity contribution is 5.82. The van der Waals surface area contributed by atoms with Gasteiger partial charge in [-0.25, -0.2) is 0 Å². The van der Waals surface area contributed by atoms with Crippen LogP contribution in [-0.2, 0) is 37.5 Å². The van der Waals surface area contributed by atoms with Crippen LogP contribution in [0, 0.1) is 0 Å². The highest BCUT2D eigenvalue weighted by atomic mass is 14.6. The normalized spacial score (nSPS) is 12.7. The minimum Gasteiger partial charge on any atom is -0.296 e. The summed E-state index contributed by atoms with van der Waals surface area (Å²) in [6.45, 7) is 31.7. The number of hydrogen-bond acceptors (Lipinski definition) is 1. The van der Waals surface area contributed by atoms with E-state index in [1.165, 1.54) is 55.2 Å². The van der Waals surface area contributed by atoms with E-state index in [0.29, 0.717) is 0 Å². The third kappa shape index (κ3) is 10.5. The molecule has 2 aromatic rings. The first-order valence-electron chi connectivity index (χ1n) is 15.5. The highest BCUT2D eigenvalue weighted by Gasteiger charge is 2.24. The van der Waals surface area contributed by atoms with Crippen LogP contribution in [0.4, 0.5) is 0 Å². The monoisotopic (exact) mass is 521 g/mol. The van der Waals surface area contributed by atoms with Gasteiger partial charge in [0.1, 0.15) is 0 Å². The molecule has 0 spiro atoms. The summed E-state index contributed by atoms with van der Waals surface area (Å²) in [5.74, 6) is 0.727. The summed E-state index contributed by atoms with van der Waals surface area (Å²) < 4.78 is 0. The molecule has 0 unspecified atom stereocenters. The van der Waals surface area contributed by atoms with Gasteiger partial charge < -0.3 is 0 Å². The van der Waals surface area contributed by atoms with Crippen molar-refractivity contribution in [3.8, 4) is 0 Å². The molecule has 0 fully saturated rings. The molecule has 0 saturated heterocycles. The third-order valence-electron chi connectivity index (χ3n) is 6.74. The molecule has 2 aromatic carbocycles. The summed E-state index contributed by atoms with van der Waals surface area (Å²) in [5.41, 5.74) is 12.9. The quantitative estimate of drug-likeness (QED) is 0.281. The molecule has 1 heteroatoms. The number of rotatable bonds is 3. The molecular formula is C37H63N. The largest absolute Gasteiger partial charge is 0.296 e. The smallest absolute Gasteiger partial charge is 0.0284 e. The molecule has 0 N–H and O–H groups in total. The molecule has 2 aliphatic rings. The third-order valence-corrected chi connectivity index (χ3v) is 6.74. The van der Waals surface area contributed by atoms with Crippen molar-refractivity contribution in [2.24, 2.45) is 4.99 Å². The van der Waals surface area contributed by atoms with Crippen LogP contribution in [0.2, 0.25) is 0 Å². The number of benzene rings is 2. The van der Waals surface area contributed by atoms with Crippen LogP contribution in [0.3, 0.4) is 0 Å². The Morgan fingerprint density at radius 3 is 1.68 bits per heavy atom. The molecule has 2 aliphatic carbocycles. The number of aryl methyl sites for hydroxylation is 2. The van der Waals surface area contributed by atoms with E-state index >= 15 is 0 Å². The van der Waals surface area contributed by atoms with Crippen molar-refractivity contribution in [2.45, 2.75) is 139 Å². The van der Waals surface area contributed by atoms with Gasteiger partial charge in [-0.1, -0.05) is 107 Å². The van der Waals surface area contributed by atoms with Crippen molar-refractivity contribution in [3.63, 3.8) is 0 Å². The Hall–Kier alpha value is -2.15. The summed E-state index contributed by atoms with van der Waals surface area (Å²) in [5, 5.41) is 0. The second kappa shape index (κ2) is 20.8. The molecule has 0 heterocycles. The second-order valence-electron chi connectivity index (χ2n) is 10.3.